The number of aromatic nitrogens is 3. The molecular formula is C21H24FN5O3S. The highest BCUT2D eigenvalue weighted by molar-refractivity contribution is 7.89. The summed E-state index contributed by atoms with van der Waals surface area (Å²) in [5, 5.41) is 6.89. The third-order valence-corrected chi connectivity index (χ3v) is 6.27. The van der Waals surface area contributed by atoms with Crippen molar-refractivity contribution in [1.29, 1.82) is 0 Å². The van der Waals surface area contributed by atoms with E-state index < -0.39 is 32.7 Å². The smallest absolute Gasteiger partial charge is 0.244 e. The van der Waals surface area contributed by atoms with Crippen LogP contribution in [-0.4, -0.2) is 35.1 Å². The lowest BCUT2D eigenvalue weighted by atomic mass is 10.0. The maximum absolute atomic E-state index is 14.0. The van der Waals surface area contributed by atoms with Crippen LogP contribution < -0.4 is 10.0 Å². The fourth-order valence-corrected chi connectivity index (χ4v) is 4.45. The normalized spacial score (nSPS) is 13.7. The summed E-state index contributed by atoms with van der Waals surface area (Å²) in [6.07, 6.45) is 3.01. The van der Waals surface area contributed by atoms with Crippen LogP contribution in [0.3, 0.4) is 0 Å². The summed E-state index contributed by atoms with van der Waals surface area (Å²) in [7, 11) is -4.21. The molecule has 0 saturated carbocycles. The number of sulfonamides is 1. The van der Waals surface area contributed by atoms with E-state index in [2.05, 4.69) is 20.1 Å². The standard InChI is InChI=1S/C21H24FN5O3S/c1-14(2)20(26-31(29,30)19-7-5-4-6-18(19)22)21(28)25-15(3)16-8-10-17(11-9-16)27-13-23-12-24-27/h4-15,20,26H,1-3H3,(H,25,28)/t15?,20-/m0/s1. The highest BCUT2D eigenvalue weighted by atomic mass is 32.2. The molecule has 1 amide bonds. The molecule has 1 heterocycles. The number of rotatable bonds is 8. The Bertz CT molecular complexity index is 1130. The Morgan fingerprint density at radius 2 is 1.74 bits per heavy atom. The number of hydrogen-bond donors (Lipinski definition) is 2. The first-order valence-corrected chi connectivity index (χ1v) is 11.2. The number of nitrogens with one attached hydrogen (secondary N) is 2. The van der Waals surface area contributed by atoms with E-state index in [9.17, 15) is 17.6 Å². The van der Waals surface area contributed by atoms with Crippen molar-refractivity contribution in [2.45, 2.75) is 37.8 Å². The zero-order valence-corrected chi connectivity index (χ0v) is 18.2. The molecule has 2 N–H and O–H groups in total. The number of hydrogen-bond acceptors (Lipinski definition) is 5. The number of benzene rings is 2. The van der Waals surface area contributed by atoms with Crippen LogP contribution in [0.15, 0.2) is 66.1 Å². The van der Waals surface area contributed by atoms with Crippen molar-refractivity contribution in [3.63, 3.8) is 0 Å². The monoisotopic (exact) mass is 445 g/mol. The Morgan fingerprint density at radius 3 is 2.32 bits per heavy atom. The summed E-state index contributed by atoms with van der Waals surface area (Å²) in [5.41, 5.74) is 1.65. The van der Waals surface area contributed by atoms with E-state index >= 15 is 0 Å². The molecule has 0 aliphatic carbocycles. The lowest BCUT2D eigenvalue weighted by molar-refractivity contribution is -0.124. The molecule has 1 aromatic heterocycles. The minimum Gasteiger partial charge on any atom is -0.348 e. The van der Waals surface area contributed by atoms with Gasteiger partial charge in [0.2, 0.25) is 15.9 Å². The second-order valence-corrected chi connectivity index (χ2v) is 9.12. The highest BCUT2D eigenvalue weighted by Gasteiger charge is 2.30. The number of carbonyl (C=O) groups excluding carboxylic acids is 1. The molecule has 0 spiro atoms. The van der Waals surface area contributed by atoms with Crippen LogP contribution in [-0.2, 0) is 14.8 Å². The van der Waals surface area contributed by atoms with Gasteiger partial charge in [-0.1, -0.05) is 38.1 Å². The summed E-state index contributed by atoms with van der Waals surface area (Å²) in [4.78, 5) is 16.3. The molecule has 164 valence electrons. The third-order valence-electron chi connectivity index (χ3n) is 4.79. The van der Waals surface area contributed by atoms with Crippen molar-refractivity contribution in [3.8, 4) is 5.69 Å². The molecule has 0 saturated heterocycles. The molecule has 1 unspecified atom stereocenters. The summed E-state index contributed by atoms with van der Waals surface area (Å²) in [5.74, 6) is -1.73. The van der Waals surface area contributed by atoms with Gasteiger partial charge in [-0.05, 0) is 42.7 Å². The molecule has 3 aromatic rings. The average molecular weight is 446 g/mol. The van der Waals surface area contributed by atoms with E-state index in [-0.39, 0.29) is 12.0 Å². The summed E-state index contributed by atoms with van der Waals surface area (Å²) in [6.45, 7) is 5.22. The maximum atomic E-state index is 14.0. The Balaban J connectivity index is 1.72. The lowest BCUT2D eigenvalue weighted by Gasteiger charge is -2.24. The SMILES string of the molecule is CC(NC(=O)[C@@H](NS(=O)(=O)c1ccccc1F)C(C)C)c1ccc(-n2cncn2)cc1. The zero-order chi connectivity index (χ0) is 22.6. The Kier molecular flexibility index (Phi) is 6.81. The van der Waals surface area contributed by atoms with Crippen molar-refractivity contribution in [1.82, 2.24) is 24.8 Å². The molecular weight excluding hydrogens is 421 g/mol. The van der Waals surface area contributed by atoms with Crippen LogP contribution in [0.1, 0.15) is 32.4 Å². The van der Waals surface area contributed by atoms with Gasteiger partial charge in [-0.2, -0.15) is 9.82 Å². The molecule has 3 rings (SSSR count). The largest absolute Gasteiger partial charge is 0.348 e. The van der Waals surface area contributed by atoms with Crippen molar-refractivity contribution in [2.24, 2.45) is 5.92 Å². The van der Waals surface area contributed by atoms with Gasteiger partial charge >= 0.3 is 0 Å². The van der Waals surface area contributed by atoms with Crippen LogP contribution >= 0.6 is 0 Å². The fourth-order valence-electron chi connectivity index (χ4n) is 3.03. The van der Waals surface area contributed by atoms with Gasteiger partial charge in [0.05, 0.1) is 11.7 Å². The summed E-state index contributed by atoms with van der Waals surface area (Å²) >= 11 is 0. The predicted octanol–water partition coefficient (Wildman–Crippen LogP) is 2.59. The van der Waals surface area contributed by atoms with Gasteiger partial charge in [-0.3, -0.25) is 4.79 Å². The van der Waals surface area contributed by atoms with Crippen molar-refractivity contribution in [3.05, 3.63) is 72.6 Å². The fraction of sp³-hybridized carbons (Fsp3) is 0.286. The molecule has 2 aromatic carbocycles. The Labute approximate surface area is 180 Å². The molecule has 2 atom stereocenters. The topological polar surface area (TPSA) is 106 Å². The first-order chi connectivity index (χ1) is 14.7. The second-order valence-electron chi connectivity index (χ2n) is 7.44. The third kappa shape index (κ3) is 5.33. The van der Waals surface area contributed by atoms with Gasteiger partial charge in [0.15, 0.2) is 0 Å². The zero-order valence-electron chi connectivity index (χ0n) is 17.4. The predicted molar refractivity (Wildman–Crippen MR) is 113 cm³/mol. The molecule has 0 aliphatic rings. The van der Waals surface area contributed by atoms with Crippen LogP contribution in [0.25, 0.3) is 5.69 Å². The van der Waals surface area contributed by atoms with Gasteiger partial charge < -0.3 is 5.32 Å². The minimum atomic E-state index is -4.21. The molecule has 8 nitrogen and oxygen atoms in total. The first kappa shape index (κ1) is 22.6. The molecule has 10 heteroatoms. The number of halogens is 1. The quantitative estimate of drug-likeness (QED) is 0.554. The van der Waals surface area contributed by atoms with Crippen molar-refractivity contribution >= 4 is 15.9 Å². The second kappa shape index (κ2) is 9.36. The highest BCUT2D eigenvalue weighted by Crippen LogP contribution is 2.18. The maximum Gasteiger partial charge on any atom is 0.244 e. The van der Waals surface area contributed by atoms with Crippen LogP contribution in [0.5, 0.6) is 0 Å². The van der Waals surface area contributed by atoms with E-state index in [0.29, 0.717) is 0 Å². The number of nitrogens with zero attached hydrogens (tertiary/aromatic N) is 3. The number of carbonyl (C=O) groups is 1. The van der Waals surface area contributed by atoms with Crippen LogP contribution in [0.2, 0.25) is 0 Å². The van der Waals surface area contributed by atoms with Gasteiger partial charge in [-0.15, -0.1) is 0 Å². The van der Waals surface area contributed by atoms with Crippen molar-refractivity contribution < 1.29 is 17.6 Å². The van der Waals surface area contributed by atoms with E-state index in [0.717, 1.165) is 23.4 Å². The lowest BCUT2D eigenvalue weighted by Crippen LogP contribution is -2.50. The van der Waals surface area contributed by atoms with E-state index in [1.807, 2.05) is 24.3 Å². The minimum absolute atomic E-state index is 0.358. The molecule has 0 aliphatic heterocycles. The average Bonchev–Trinajstić information content (AvgIpc) is 3.27. The summed E-state index contributed by atoms with van der Waals surface area (Å²) < 4.78 is 43.2. The van der Waals surface area contributed by atoms with E-state index in [4.69, 9.17) is 0 Å². The van der Waals surface area contributed by atoms with Gasteiger partial charge in [0, 0.05) is 0 Å². The van der Waals surface area contributed by atoms with Crippen LogP contribution in [0, 0.1) is 11.7 Å². The molecule has 0 radical (unpaired) electrons. The van der Waals surface area contributed by atoms with E-state index in [1.54, 1.807) is 31.8 Å². The molecule has 31 heavy (non-hydrogen) atoms. The van der Waals surface area contributed by atoms with E-state index in [1.165, 1.54) is 18.5 Å². The van der Waals surface area contributed by atoms with Gasteiger partial charge in [0.1, 0.15) is 29.4 Å². The van der Waals surface area contributed by atoms with Gasteiger partial charge in [-0.25, -0.2) is 22.5 Å². The molecule has 0 bridgehead atoms. The summed E-state index contributed by atoms with van der Waals surface area (Å²) in [6, 6.07) is 11.0. The molecule has 0 fully saturated rings. The number of amides is 1. The van der Waals surface area contributed by atoms with Crippen molar-refractivity contribution in [2.75, 3.05) is 0 Å². The first-order valence-electron chi connectivity index (χ1n) is 9.71. The van der Waals surface area contributed by atoms with Gasteiger partial charge in [0.25, 0.3) is 0 Å². The van der Waals surface area contributed by atoms with Crippen LogP contribution in [0.4, 0.5) is 4.39 Å². The Hall–Kier alpha value is -3.11. The Morgan fingerprint density at radius 1 is 1.06 bits per heavy atom.